The van der Waals surface area contributed by atoms with Crippen LogP contribution in [0.5, 0.6) is 0 Å². The van der Waals surface area contributed by atoms with E-state index in [4.69, 9.17) is 0 Å². The molecule has 1 atom stereocenters. The Bertz CT molecular complexity index is 1020. The molecule has 1 aliphatic carbocycles. The average molecular weight is 547 g/mol. The Morgan fingerprint density at radius 3 is 2.05 bits per heavy atom. The molecule has 0 spiro atoms. The average Bonchev–Trinajstić information content (AvgIpc) is 3.23. The van der Waals surface area contributed by atoms with Gasteiger partial charge in [0.05, 0.1) is 6.10 Å². The summed E-state index contributed by atoms with van der Waals surface area (Å²) in [5.74, 6) is 1.98. The van der Waals surface area contributed by atoms with Crippen LogP contribution in [0.25, 0.3) is 5.70 Å². The lowest BCUT2D eigenvalue weighted by Gasteiger charge is -2.29. The second-order valence-corrected chi connectivity index (χ2v) is 11.9. The van der Waals surface area contributed by atoms with E-state index in [1.54, 1.807) is 11.3 Å². The summed E-state index contributed by atoms with van der Waals surface area (Å²) in [6, 6.07) is 2.01. The number of hydrogen-bond acceptors (Lipinski definition) is 4. The number of rotatable bonds is 6. The fraction of sp³-hybridized carbons (Fsp3) is 0.667. The van der Waals surface area contributed by atoms with Crippen LogP contribution in [0.1, 0.15) is 134 Å². The van der Waals surface area contributed by atoms with Crippen LogP contribution in [0.3, 0.4) is 0 Å². The van der Waals surface area contributed by atoms with Crippen LogP contribution in [0, 0.1) is 38.5 Å². The lowest BCUT2D eigenvalue weighted by atomic mass is 9.79. The summed E-state index contributed by atoms with van der Waals surface area (Å²) in [4.78, 5) is 16.4. The first-order chi connectivity index (χ1) is 17.9. The van der Waals surface area contributed by atoms with Gasteiger partial charge in [0, 0.05) is 39.3 Å². The molecule has 218 valence electrons. The zero-order chi connectivity index (χ0) is 29.6. The molecule has 2 aromatic rings. The number of allylic oxidation sites excluding steroid dienone is 1. The molecular formula is C33H58N2O2S. The molecule has 2 heterocycles. The lowest BCUT2D eigenvalue weighted by molar-refractivity contribution is 0.0780. The topological polar surface area (TPSA) is 65.1 Å². The van der Waals surface area contributed by atoms with Crippen LogP contribution < -0.4 is 10.9 Å². The molecule has 1 saturated carbocycles. The van der Waals surface area contributed by atoms with E-state index in [2.05, 4.69) is 64.1 Å². The van der Waals surface area contributed by atoms with Gasteiger partial charge in [-0.2, -0.15) is 0 Å². The summed E-state index contributed by atoms with van der Waals surface area (Å²) in [6.45, 7) is 27.5. The maximum atomic E-state index is 12.4. The van der Waals surface area contributed by atoms with E-state index in [9.17, 15) is 9.90 Å². The summed E-state index contributed by atoms with van der Waals surface area (Å²) >= 11 is 1.66. The van der Waals surface area contributed by atoms with Crippen LogP contribution in [0.15, 0.2) is 21.8 Å². The molecule has 3 N–H and O–H groups in total. The van der Waals surface area contributed by atoms with Gasteiger partial charge in [-0.3, -0.25) is 4.79 Å². The van der Waals surface area contributed by atoms with Crippen molar-refractivity contribution in [2.24, 2.45) is 17.8 Å². The van der Waals surface area contributed by atoms with E-state index in [0.29, 0.717) is 12.5 Å². The Balaban J connectivity index is 0.00000153. The van der Waals surface area contributed by atoms with Gasteiger partial charge in [0.2, 0.25) is 0 Å². The smallest absolute Gasteiger partial charge is 0.253 e. The molecule has 1 aliphatic rings. The third-order valence-electron chi connectivity index (χ3n) is 6.56. The quantitative estimate of drug-likeness (QED) is 0.338. The van der Waals surface area contributed by atoms with Gasteiger partial charge in [-0.05, 0) is 82.4 Å². The number of aryl methyl sites for hydroxylation is 2. The molecular weight excluding hydrogens is 488 g/mol. The highest BCUT2D eigenvalue weighted by Crippen LogP contribution is 2.41. The SMILES string of the molecule is CC.CC.CC(C)=C(NCc1c(C)cc(C)[nH]c1=O)c1csc(C(O)C2CCC(C)CC2)c1C.CC(C)C. The Hall–Kier alpha value is -1.85. The summed E-state index contributed by atoms with van der Waals surface area (Å²) in [5, 5.41) is 16.8. The van der Waals surface area contributed by atoms with Crippen LogP contribution in [-0.2, 0) is 6.54 Å². The molecule has 2 aromatic heterocycles. The minimum absolute atomic E-state index is 0.0298. The van der Waals surface area contributed by atoms with Gasteiger partial charge in [0.15, 0.2) is 0 Å². The molecule has 0 aliphatic heterocycles. The fourth-order valence-electron chi connectivity index (χ4n) is 4.60. The van der Waals surface area contributed by atoms with Gasteiger partial charge in [-0.1, -0.05) is 73.8 Å². The second kappa shape index (κ2) is 18.4. The number of aromatic nitrogens is 1. The first kappa shape index (κ1) is 36.1. The highest BCUT2D eigenvalue weighted by Gasteiger charge is 2.28. The Morgan fingerprint density at radius 2 is 1.58 bits per heavy atom. The van der Waals surface area contributed by atoms with Crippen molar-refractivity contribution in [3.63, 3.8) is 0 Å². The van der Waals surface area contributed by atoms with Crippen molar-refractivity contribution in [2.45, 2.75) is 128 Å². The van der Waals surface area contributed by atoms with Gasteiger partial charge in [0.1, 0.15) is 0 Å². The molecule has 1 unspecified atom stereocenters. The standard InChI is InChI=1S/C25H36N2O2S.C4H10.2C2H6/c1-14(2)22(26-12-20-16(4)11-17(5)27-25(20)29)21-13-30-24(18(21)6)23(28)19-9-7-15(3)8-10-19;1-4(2)3;2*1-2/h11,13,15,19,23,26,28H,7-10,12H2,1-6H3,(H,27,29);4H,1-3H3;2*1-2H3. The third kappa shape index (κ3) is 11.1. The van der Waals surface area contributed by atoms with Gasteiger partial charge >= 0.3 is 0 Å². The molecule has 38 heavy (non-hydrogen) atoms. The fourth-order valence-corrected chi connectivity index (χ4v) is 5.76. The molecule has 4 nitrogen and oxygen atoms in total. The minimum atomic E-state index is -0.378. The van der Waals surface area contributed by atoms with Crippen molar-refractivity contribution in [2.75, 3.05) is 0 Å². The summed E-state index contributed by atoms with van der Waals surface area (Å²) in [6.07, 6.45) is 4.27. The number of aliphatic hydroxyl groups excluding tert-OH is 1. The maximum absolute atomic E-state index is 12.4. The molecule has 0 saturated heterocycles. The molecule has 1 fully saturated rings. The highest BCUT2D eigenvalue weighted by molar-refractivity contribution is 7.10. The first-order valence-electron chi connectivity index (χ1n) is 14.8. The van der Waals surface area contributed by atoms with E-state index in [1.165, 1.54) is 18.4 Å². The molecule has 3 rings (SSSR count). The lowest BCUT2D eigenvalue weighted by Crippen LogP contribution is -2.23. The van der Waals surface area contributed by atoms with Gasteiger partial charge < -0.3 is 15.4 Å². The number of aromatic amines is 1. The molecule has 0 aromatic carbocycles. The Morgan fingerprint density at radius 1 is 1.05 bits per heavy atom. The predicted molar refractivity (Wildman–Crippen MR) is 170 cm³/mol. The minimum Gasteiger partial charge on any atom is -0.387 e. The molecule has 0 radical (unpaired) electrons. The van der Waals surface area contributed by atoms with Crippen molar-refractivity contribution < 1.29 is 5.11 Å². The van der Waals surface area contributed by atoms with Crippen molar-refractivity contribution >= 4 is 17.0 Å². The monoisotopic (exact) mass is 546 g/mol. The number of H-pyrrole nitrogens is 1. The van der Waals surface area contributed by atoms with Gasteiger partial charge in [-0.25, -0.2) is 0 Å². The summed E-state index contributed by atoms with van der Waals surface area (Å²) < 4.78 is 0. The van der Waals surface area contributed by atoms with Crippen molar-refractivity contribution in [1.29, 1.82) is 0 Å². The Labute approximate surface area is 238 Å². The van der Waals surface area contributed by atoms with E-state index in [1.807, 2.05) is 47.6 Å². The second-order valence-electron chi connectivity index (χ2n) is 11.0. The largest absolute Gasteiger partial charge is 0.387 e. The number of hydrogen-bond donors (Lipinski definition) is 3. The zero-order valence-corrected chi connectivity index (χ0v) is 27.6. The number of thiophene rings is 1. The molecule has 5 heteroatoms. The first-order valence-corrected chi connectivity index (χ1v) is 15.7. The van der Waals surface area contributed by atoms with Crippen LogP contribution in [0.2, 0.25) is 0 Å². The van der Waals surface area contributed by atoms with E-state index in [0.717, 1.165) is 63.2 Å². The van der Waals surface area contributed by atoms with Crippen LogP contribution in [-0.4, -0.2) is 10.1 Å². The normalized spacial score (nSPS) is 17.1. The zero-order valence-electron chi connectivity index (χ0n) is 26.8. The molecule has 0 amide bonds. The van der Waals surface area contributed by atoms with E-state index < -0.39 is 0 Å². The maximum Gasteiger partial charge on any atom is 0.253 e. The highest BCUT2D eigenvalue weighted by atomic mass is 32.1. The van der Waals surface area contributed by atoms with Crippen LogP contribution >= 0.6 is 11.3 Å². The summed E-state index contributed by atoms with van der Waals surface area (Å²) in [7, 11) is 0. The van der Waals surface area contributed by atoms with Gasteiger partial charge in [-0.15, -0.1) is 11.3 Å². The van der Waals surface area contributed by atoms with Crippen molar-refractivity contribution in [3.05, 3.63) is 60.2 Å². The number of aliphatic hydroxyl groups is 1. The van der Waals surface area contributed by atoms with Crippen LogP contribution in [0.4, 0.5) is 0 Å². The number of pyridine rings is 1. The van der Waals surface area contributed by atoms with E-state index in [-0.39, 0.29) is 11.7 Å². The Kier molecular flexibility index (Phi) is 17.5. The third-order valence-corrected chi connectivity index (χ3v) is 7.71. The molecule has 0 bridgehead atoms. The van der Waals surface area contributed by atoms with Gasteiger partial charge in [0.25, 0.3) is 5.56 Å². The predicted octanol–water partition coefficient (Wildman–Crippen LogP) is 9.48. The number of nitrogens with one attached hydrogen (secondary N) is 2. The summed E-state index contributed by atoms with van der Waals surface area (Å²) in [5.41, 5.74) is 7.14. The van der Waals surface area contributed by atoms with E-state index >= 15 is 0 Å². The van der Waals surface area contributed by atoms with Crippen molar-refractivity contribution in [3.8, 4) is 0 Å². The van der Waals surface area contributed by atoms with Crippen molar-refractivity contribution in [1.82, 2.24) is 10.3 Å².